The van der Waals surface area contributed by atoms with Crippen molar-refractivity contribution in [3.8, 4) is 0 Å². The standard InChI is InChI=1S/C14H17NO/c1-5-14(3)10(2)11-8-6-7-9-12(11)15(4)13(14)16/h6-9H,2,5H2,1,3-4H3. The van der Waals surface area contributed by atoms with Crippen LogP contribution in [0.2, 0.25) is 0 Å². The van der Waals surface area contributed by atoms with E-state index in [2.05, 4.69) is 6.58 Å². The molecule has 2 heteroatoms. The van der Waals surface area contributed by atoms with Crippen LogP contribution in [0, 0.1) is 5.41 Å². The largest absolute Gasteiger partial charge is 0.314 e. The van der Waals surface area contributed by atoms with Gasteiger partial charge in [-0.3, -0.25) is 4.79 Å². The maximum absolute atomic E-state index is 12.3. The van der Waals surface area contributed by atoms with Crippen LogP contribution in [0.25, 0.3) is 5.57 Å². The van der Waals surface area contributed by atoms with Gasteiger partial charge in [0.05, 0.1) is 11.1 Å². The number of carbonyl (C=O) groups excluding carboxylic acids is 1. The third-order valence-electron chi connectivity index (χ3n) is 3.74. The summed E-state index contributed by atoms with van der Waals surface area (Å²) in [4.78, 5) is 14.1. The zero-order chi connectivity index (χ0) is 11.9. The lowest BCUT2D eigenvalue weighted by atomic mass is 9.73. The van der Waals surface area contributed by atoms with Crippen molar-refractivity contribution in [1.82, 2.24) is 0 Å². The molecule has 0 bridgehead atoms. The van der Waals surface area contributed by atoms with E-state index in [4.69, 9.17) is 0 Å². The molecule has 0 fully saturated rings. The molecule has 1 aliphatic rings. The first-order chi connectivity index (χ1) is 7.52. The van der Waals surface area contributed by atoms with Gasteiger partial charge in [-0.15, -0.1) is 0 Å². The fourth-order valence-electron chi connectivity index (χ4n) is 2.29. The monoisotopic (exact) mass is 215 g/mol. The minimum Gasteiger partial charge on any atom is -0.314 e. The average Bonchev–Trinajstić information content (AvgIpc) is 2.33. The lowest BCUT2D eigenvalue weighted by molar-refractivity contribution is -0.124. The van der Waals surface area contributed by atoms with Gasteiger partial charge in [0.2, 0.25) is 5.91 Å². The van der Waals surface area contributed by atoms with Crippen LogP contribution < -0.4 is 4.90 Å². The third-order valence-corrected chi connectivity index (χ3v) is 3.74. The van der Waals surface area contributed by atoms with E-state index in [0.717, 1.165) is 23.2 Å². The molecule has 0 saturated carbocycles. The second-order valence-corrected chi connectivity index (χ2v) is 4.55. The Bertz CT molecular complexity index is 464. The van der Waals surface area contributed by atoms with Gasteiger partial charge in [0.25, 0.3) is 0 Å². The van der Waals surface area contributed by atoms with E-state index in [1.165, 1.54) is 0 Å². The number of anilines is 1. The molecule has 2 nitrogen and oxygen atoms in total. The summed E-state index contributed by atoms with van der Waals surface area (Å²) >= 11 is 0. The Morgan fingerprint density at radius 1 is 1.38 bits per heavy atom. The summed E-state index contributed by atoms with van der Waals surface area (Å²) in [5, 5.41) is 0. The molecule has 1 heterocycles. The predicted octanol–water partition coefficient (Wildman–Crippen LogP) is 3.09. The number of carbonyl (C=O) groups is 1. The Morgan fingerprint density at radius 3 is 2.62 bits per heavy atom. The molecule has 1 amide bonds. The third kappa shape index (κ3) is 1.22. The van der Waals surface area contributed by atoms with Crippen LogP contribution in [-0.2, 0) is 4.79 Å². The van der Waals surface area contributed by atoms with E-state index in [9.17, 15) is 4.79 Å². The molecule has 0 aromatic heterocycles. The molecule has 0 spiro atoms. The highest BCUT2D eigenvalue weighted by Crippen LogP contribution is 2.46. The molecule has 1 aliphatic heterocycles. The van der Waals surface area contributed by atoms with Crippen LogP contribution >= 0.6 is 0 Å². The van der Waals surface area contributed by atoms with E-state index < -0.39 is 5.41 Å². The number of para-hydroxylation sites is 1. The summed E-state index contributed by atoms with van der Waals surface area (Å²) < 4.78 is 0. The van der Waals surface area contributed by atoms with Crippen LogP contribution in [0.15, 0.2) is 30.8 Å². The topological polar surface area (TPSA) is 20.3 Å². The first kappa shape index (κ1) is 10.9. The first-order valence-electron chi connectivity index (χ1n) is 5.59. The normalized spacial score (nSPS) is 24.6. The van der Waals surface area contributed by atoms with Gasteiger partial charge in [-0.05, 0) is 25.0 Å². The zero-order valence-corrected chi connectivity index (χ0v) is 10.1. The molecule has 0 aliphatic carbocycles. The quantitative estimate of drug-likeness (QED) is 0.705. The summed E-state index contributed by atoms with van der Waals surface area (Å²) in [5.41, 5.74) is 2.54. The van der Waals surface area contributed by atoms with E-state index in [0.29, 0.717) is 0 Å². The Balaban J connectivity index is 2.66. The second-order valence-electron chi connectivity index (χ2n) is 4.55. The molecule has 1 atom stereocenters. The lowest BCUT2D eigenvalue weighted by Gasteiger charge is -2.40. The number of rotatable bonds is 1. The van der Waals surface area contributed by atoms with Crippen molar-refractivity contribution >= 4 is 17.2 Å². The molecule has 1 aromatic carbocycles. The van der Waals surface area contributed by atoms with E-state index in [-0.39, 0.29) is 5.91 Å². The first-order valence-corrected chi connectivity index (χ1v) is 5.59. The molecule has 84 valence electrons. The van der Waals surface area contributed by atoms with Gasteiger partial charge < -0.3 is 4.90 Å². The second kappa shape index (κ2) is 3.48. The van der Waals surface area contributed by atoms with Crippen LogP contribution in [0.5, 0.6) is 0 Å². The summed E-state index contributed by atoms with van der Waals surface area (Å²) in [6.45, 7) is 8.13. The summed E-state index contributed by atoms with van der Waals surface area (Å²) in [6.07, 6.45) is 0.781. The minimum absolute atomic E-state index is 0.138. The Hall–Kier alpha value is -1.57. The van der Waals surface area contributed by atoms with Crippen molar-refractivity contribution in [2.45, 2.75) is 20.3 Å². The maximum atomic E-state index is 12.3. The smallest absolute Gasteiger partial charge is 0.237 e. The molecule has 1 aromatic rings. The zero-order valence-electron chi connectivity index (χ0n) is 10.1. The molecule has 0 radical (unpaired) electrons. The Labute approximate surface area is 96.6 Å². The molecule has 0 N–H and O–H groups in total. The van der Waals surface area contributed by atoms with Crippen molar-refractivity contribution in [3.63, 3.8) is 0 Å². The number of hydrogen-bond acceptors (Lipinski definition) is 1. The van der Waals surface area contributed by atoms with E-state index in [1.54, 1.807) is 4.90 Å². The SMILES string of the molecule is C=C1c2ccccc2N(C)C(=O)C1(C)CC. The highest BCUT2D eigenvalue weighted by molar-refractivity contribution is 6.10. The van der Waals surface area contributed by atoms with Gasteiger partial charge in [-0.2, -0.15) is 0 Å². The lowest BCUT2D eigenvalue weighted by Crippen LogP contribution is -2.44. The van der Waals surface area contributed by atoms with Gasteiger partial charge in [-0.25, -0.2) is 0 Å². The maximum Gasteiger partial charge on any atom is 0.237 e. The van der Waals surface area contributed by atoms with Gasteiger partial charge in [0, 0.05) is 12.6 Å². The van der Waals surface area contributed by atoms with Crippen LogP contribution in [-0.4, -0.2) is 13.0 Å². The van der Waals surface area contributed by atoms with Crippen molar-refractivity contribution in [3.05, 3.63) is 36.4 Å². The highest BCUT2D eigenvalue weighted by atomic mass is 16.2. The Morgan fingerprint density at radius 2 is 2.00 bits per heavy atom. The van der Waals surface area contributed by atoms with Crippen molar-refractivity contribution in [2.24, 2.45) is 5.41 Å². The van der Waals surface area contributed by atoms with Gasteiger partial charge in [0.1, 0.15) is 0 Å². The fraction of sp³-hybridized carbons (Fsp3) is 0.357. The molecule has 2 rings (SSSR count). The Kier molecular flexibility index (Phi) is 2.38. The van der Waals surface area contributed by atoms with Crippen LogP contribution in [0.1, 0.15) is 25.8 Å². The van der Waals surface area contributed by atoms with Gasteiger partial charge in [-0.1, -0.05) is 31.7 Å². The molecular formula is C14H17NO. The number of fused-ring (bicyclic) bond motifs is 1. The molecular weight excluding hydrogens is 198 g/mol. The molecule has 16 heavy (non-hydrogen) atoms. The average molecular weight is 215 g/mol. The number of amides is 1. The number of benzene rings is 1. The summed E-state index contributed by atoms with van der Waals surface area (Å²) in [6, 6.07) is 7.94. The minimum atomic E-state index is -0.455. The molecule has 0 saturated heterocycles. The summed E-state index contributed by atoms with van der Waals surface area (Å²) in [5.74, 6) is 0.138. The van der Waals surface area contributed by atoms with Gasteiger partial charge >= 0.3 is 0 Å². The van der Waals surface area contributed by atoms with Crippen molar-refractivity contribution in [2.75, 3.05) is 11.9 Å². The molecule has 1 unspecified atom stereocenters. The number of hydrogen-bond donors (Lipinski definition) is 0. The van der Waals surface area contributed by atoms with Crippen molar-refractivity contribution in [1.29, 1.82) is 0 Å². The number of nitrogens with zero attached hydrogens (tertiary/aromatic N) is 1. The van der Waals surface area contributed by atoms with E-state index >= 15 is 0 Å². The predicted molar refractivity (Wildman–Crippen MR) is 67.3 cm³/mol. The van der Waals surface area contributed by atoms with Crippen LogP contribution in [0.4, 0.5) is 5.69 Å². The summed E-state index contributed by atoms with van der Waals surface area (Å²) in [7, 11) is 1.83. The van der Waals surface area contributed by atoms with Crippen LogP contribution in [0.3, 0.4) is 0 Å². The fourth-order valence-corrected chi connectivity index (χ4v) is 2.29. The van der Waals surface area contributed by atoms with Crippen molar-refractivity contribution < 1.29 is 4.79 Å². The van der Waals surface area contributed by atoms with E-state index in [1.807, 2.05) is 45.2 Å². The highest BCUT2D eigenvalue weighted by Gasteiger charge is 2.42. The van der Waals surface area contributed by atoms with Gasteiger partial charge in [0.15, 0.2) is 0 Å².